The van der Waals surface area contributed by atoms with Gasteiger partial charge in [0.25, 0.3) is 0 Å². The minimum Gasteiger partial charge on any atom is -0.486 e. The van der Waals surface area contributed by atoms with Gasteiger partial charge >= 0.3 is 0 Å². The molecule has 0 bridgehead atoms. The van der Waals surface area contributed by atoms with Crippen molar-refractivity contribution in [1.82, 2.24) is 15.5 Å². The van der Waals surface area contributed by atoms with Crippen LogP contribution in [-0.2, 0) is 24.5 Å². The van der Waals surface area contributed by atoms with Crippen LogP contribution >= 0.6 is 0 Å². The van der Waals surface area contributed by atoms with Crippen molar-refractivity contribution in [3.63, 3.8) is 0 Å². The van der Waals surface area contributed by atoms with E-state index in [1.54, 1.807) is 13.3 Å². The molecule has 1 aliphatic carbocycles. The van der Waals surface area contributed by atoms with Crippen molar-refractivity contribution in [2.24, 2.45) is 0 Å². The lowest BCUT2D eigenvalue weighted by Crippen LogP contribution is -2.16. The zero-order valence-electron chi connectivity index (χ0n) is 12.0. The highest BCUT2D eigenvalue weighted by atomic mass is 16.5. The average Bonchev–Trinajstić information content (AvgIpc) is 3.24. The fourth-order valence-corrected chi connectivity index (χ4v) is 1.93. The molecule has 0 atom stereocenters. The van der Waals surface area contributed by atoms with Crippen molar-refractivity contribution < 1.29 is 14.0 Å². The van der Waals surface area contributed by atoms with E-state index in [1.807, 2.05) is 18.2 Å². The van der Waals surface area contributed by atoms with Crippen LogP contribution in [0, 0.1) is 0 Å². The first kappa shape index (κ1) is 14.0. The van der Waals surface area contributed by atoms with Crippen LogP contribution < -0.4 is 10.1 Å². The number of pyridine rings is 1. The van der Waals surface area contributed by atoms with E-state index in [2.05, 4.69) is 15.5 Å². The number of methoxy groups -OCH3 is 1. The molecule has 0 saturated heterocycles. The first-order valence-electron chi connectivity index (χ1n) is 7.08. The van der Waals surface area contributed by atoms with Gasteiger partial charge in [-0.1, -0.05) is 5.16 Å². The van der Waals surface area contributed by atoms with Crippen LogP contribution in [0.2, 0.25) is 0 Å². The van der Waals surface area contributed by atoms with Gasteiger partial charge in [0.15, 0.2) is 5.76 Å². The summed E-state index contributed by atoms with van der Waals surface area (Å²) in [5.41, 5.74) is 1.76. The third-order valence-electron chi connectivity index (χ3n) is 3.23. The van der Waals surface area contributed by atoms with Crippen LogP contribution in [0.3, 0.4) is 0 Å². The predicted octanol–water partition coefficient (Wildman–Crippen LogP) is 2.05. The van der Waals surface area contributed by atoms with Gasteiger partial charge in [-0.2, -0.15) is 0 Å². The Balaban J connectivity index is 1.47. The second-order valence-electron chi connectivity index (χ2n) is 5.15. The lowest BCUT2D eigenvalue weighted by Gasteiger charge is -2.05. The second kappa shape index (κ2) is 6.69. The predicted molar refractivity (Wildman–Crippen MR) is 75.6 cm³/mol. The molecule has 1 N–H and O–H groups in total. The van der Waals surface area contributed by atoms with E-state index in [0.29, 0.717) is 25.0 Å². The van der Waals surface area contributed by atoms with E-state index in [0.717, 1.165) is 23.7 Å². The van der Waals surface area contributed by atoms with Crippen molar-refractivity contribution >= 4 is 0 Å². The van der Waals surface area contributed by atoms with E-state index in [9.17, 15) is 0 Å². The van der Waals surface area contributed by atoms with Gasteiger partial charge in [0.05, 0.1) is 11.9 Å². The van der Waals surface area contributed by atoms with Crippen LogP contribution in [0.1, 0.15) is 30.0 Å². The van der Waals surface area contributed by atoms with E-state index >= 15 is 0 Å². The molecule has 2 aromatic heterocycles. The zero-order valence-corrected chi connectivity index (χ0v) is 12.0. The van der Waals surface area contributed by atoms with Gasteiger partial charge in [0.2, 0.25) is 0 Å². The Kier molecular flexibility index (Phi) is 4.47. The molecule has 0 unspecified atom stereocenters. The topological polar surface area (TPSA) is 69.4 Å². The molecule has 0 amide bonds. The van der Waals surface area contributed by atoms with Gasteiger partial charge in [0, 0.05) is 25.8 Å². The summed E-state index contributed by atoms with van der Waals surface area (Å²) >= 11 is 0. The van der Waals surface area contributed by atoms with Gasteiger partial charge < -0.3 is 19.3 Å². The van der Waals surface area contributed by atoms with Gasteiger partial charge in [-0.15, -0.1) is 0 Å². The molecule has 0 spiro atoms. The fourth-order valence-electron chi connectivity index (χ4n) is 1.93. The van der Waals surface area contributed by atoms with Crippen molar-refractivity contribution in [2.75, 3.05) is 7.11 Å². The van der Waals surface area contributed by atoms with Crippen LogP contribution in [0.4, 0.5) is 0 Å². The molecule has 1 saturated carbocycles. The molecule has 0 aliphatic heterocycles. The zero-order chi connectivity index (χ0) is 14.5. The molecular weight excluding hydrogens is 270 g/mol. The van der Waals surface area contributed by atoms with Crippen LogP contribution in [0.5, 0.6) is 5.75 Å². The lowest BCUT2D eigenvalue weighted by molar-refractivity contribution is 0.155. The molecule has 0 aromatic carbocycles. The van der Waals surface area contributed by atoms with Crippen LogP contribution in [-0.4, -0.2) is 23.3 Å². The van der Waals surface area contributed by atoms with E-state index in [1.165, 1.54) is 12.8 Å². The van der Waals surface area contributed by atoms with Crippen molar-refractivity contribution in [1.29, 1.82) is 0 Å². The highest BCUT2D eigenvalue weighted by molar-refractivity contribution is 5.20. The Hall–Kier alpha value is -1.92. The van der Waals surface area contributed by atoms with Gasteiger partial charge in [-0.05, 0) is 25.0 Å². The number of aromatic nitrogens is 2. The van der Waals surface area contributed by atoms with E-state index in [4.69, 9.17) is 14.0 Å². The highest BCUT2D eigenvalue weighted by Gasteiger charge is 2.20. The Morgan fingerprint density at radius 2 is 2.19 bits per heavy atom. The number of nitrogens with zero attached hydrogens (tertiary/aromatic N) is 2. The molecule has 1 fully saturated rings. The minimum atomic E-state index is 0.356. The summed E-state index contributed by atoms with van der Waals surface area (Å²) in [5.74, 6) is 1.41. The Morgan fingerprint density at radius 3 is 2.90 bits per heavy atom. The highest BCUT2D eigenvalue weighted by Crippen LogP contribution is 2.19. The maximum absolute atomic E-state index is 5.63. The Labute approximate surface area is 123 Å². The SMILES string of the molecule is COCc1cc(COc2ccc(CNC3CC3)nc2)no1. The smallest absolute Gasteiger partial charge is 0.162 e. The van der Waals surface area contributed by atoms with E-state index < -0.39 is 0 Å². The lowest BCUT2D eigenvalue weighted by atomic mass is 10.3. The second-order valence-corrected chi connectivity index (χ2v) is 5.15. The van der Waals surface area contributed by atoms with Gasteiger partial charge in [0.1, 0.15) is 24.7 Å². The maximum Gasteiger partial charge on any atom is 0.162 e. The largest absolute Gasteiger partial charge is 0.486 e. The number of nitrogens with one attached hydrogen (secondary N) is 1. The van der Waals surface area contributed by atoms with Crippen molar-refractivity contribution in [3.8, 4) is 5.75 Å². The number of rotatable bonds is 8. The molecule has 21 heavy (non-hydrogen) atoms. The summed E-state index contributed by atoms with van der Waals surface area (Å²) in [6.45, 7) is 1.58. The minimum absolute atomic E-state index is 0.356. The molecule has 6 nitrogen and oxygen atoms in total. The first-order chi connectivity index (χ1) is 10.3. The maximum atomic E-state index is 5.63. The Morgan fingerprint density at radius 1 is 1.29 bits per heavy atom. The molecular formula is C15H19N3O3. The molecule has 112 valence electrons. The third-order valence-corrected chi connectivity index (χ3v) is 3.23. The normalized spacial score (nSPS) is 14.3. The number of ether oxygens (including phenoxy) is 2. The Bertz CT molecular complexity index is 564. The molecule has 0 radical (unpaired) electrons. The quantitative estimate of drug-likeness (QED) is 0.802. The molecule has 1 aliphatic rings. The molecule has 6 heteroatoms. The summed E-state index contributed by atoms with van der Waals surface area (Å²) in [7, 11) is 1.62. The average molecular weight is 289 g/mol. The van der Waals surface area contributed by atoms with Crippen molar-refractivity contribution in [2.45, 2.75) is 38.6 Å². The van der Waals surface area contributed by atoms with Crippen molar-refractivity contribution in [3.05, 3.63) is 41.5 Å². The number of hydrogen-bond acceptors (Lipinski definition) is 6. The van der Waals surface area contributed by atoms with Gasteiger partial charge in [-0.3, -0.25) is 4.98 Å². The monoisotopic (exact) mass is 289 g/mol. The summed E-state index contributed by atoms with van der Waals surface area (Å²) < 4.78 is 15.7. The summed E-state index contributed by atoms with van der Waals surface area (Å²) in [6, 6.07) is 6.41. The molecule has 3 rings (SSSR count). The molecule has 2 aromatic rings. The summed E-state index contributed by atoms with van der Waals surface area (Å²) in [4.78, 5) is 4.37. The molecule has 2 heterocycles. The fraction of sp³-hybridized carbons (Fsp3) is 0.467. The van der Waals surface area contributed by atoms with Crippen LogP contribution in [0.25, 0.3) is 0 Å². The van der Waals surface area contributed by atoms with Gasteiger partial charge in [-0.25, -0.2) is 0 Å². The summed E-state index contributed by atoms with van der Waals surface area (Å²) in [5, 5.41) is 7.34. The van der Waals surface area contributed by atoms with E-state index in [-0.39, 0.29) is 0 Å². The third kappa shape index (κ3) is 4.27. The summed E-state index contributed by atoms with van der Waals surface area (Å²) in [6.07, 6.45) is 4.30. The van der Waals surface area contributed by atoms with Crippen LogP contribution in [0.15, 0.2) is 28.9 Å². The number of hydrogen-bond donors (Lipinski definition) is 1. The first-order valence-corrected chi connectivity index (χ1v) is 7.08. The standard InChI is InChI=1S/C15H19N3O3/c1-19-10-15-6-13(18-21-15)9-20-14-5-4-12(17-8-14)7-16-11-2-3-11/h4-6,8,11,16H,2-3,7,9-10H2,1H3.